The van der Waals surface area contributed by atoms with Crippen LogP contribution in [0.15, 0.2) is 25.0 Å². The third-order valence-corrected chi connectivity index (χ3v) is 2.62. The predicted octanol–water partition coefficient (Wildman–Crippen LogP) is -1.27. The Balaban J connectivity index is 0.000000403. The van der Waals surface area contributed by atoms with Crippen molar-refractivity contribution in [3.05, 3.63) is 36.4 Å². The molecule has 0 spiro atoms. The zero-order valence-electron chi connectivity index (χ0n) is 12.0. The third kappa shape index (κ3) is 8.10. The second kappa shape index (κ2) is 10.5. The largest absolute Gasteiger partial charge is 0.480 e. The molecular formula is C12H18N6NiO4. The summed E-state index contributed by atoms with van der Waals surface area (Å²) in [6, 6.07) is -1.70. The predicted molar refractivity (Wildman–Crippen MR) is 75.8 cm³/mol. The van der Waals surface area contributed by atoms with E-state index in [1.54, 1.807) is 12.4 Å². The van der Waals surface area contributed by atoms with E-state index in [-0.39, 0.29) is 29.3 Å². The standard InChI is InChI=1S/2C6H9N3O2.Ni/c2*7-5(6(10)11)1-4-2-8-3-9-4;/h2*2-3,5H,1,7H2,(H,8,9)(H,10,11);. The quantitative estimate of drug-likeness (QED) is 0.340. The molecule has 2 atom stereocenters. The zero-order chi connectivity index (χ0) is 16.5. The van der Waals surface area contributed by atoms with Crippen molar-refractivity contribution in [2.75, 3.05) is 0 Å². The minimum atomic E-state index is -1.00. The third-order valence-electron chi connectivity index (χ3n) is 2.62. The molecule has 0 bridgehead atoms. The van der Waals surface area contributed by atoms with E-state index in [2.05, 4.69) is 19.9 Å². The first-order valence-electron chi connectivity index (χ1n) is 6.31. The maximum Gasteiger partial charge on any atom is 0.320 e. The summed E-state index contributed by atoms with van der Waals surface area (Å²) in [4.78, 5) is 33.5. The van der Waals surface area contributed by atoms with Gasteiger partial charge in [-0.2, -0.15) is 0 Å². The molecule has 0 saturated heterocycles. The maximum absolute atomic E-state index is 10.3. The molecule has 11 heteroatoms. The molecule has 0 aromatic carbocycles. The Bertz CT molecular complexity index is 522. The summed E-state index contributed by atoms with van der Waals surface area (Å²) in [5, 5.41) is 16.8. The monoisotopic (exact) mass is 368 g/mol. The van der Waals surface area contributed by atoms with Crippen LogP contribution in [0.3, 0.4) is 0 Å². The molecule has 2 aromatic heterocycles. The van der Waals surface area contributed by atoms with Gasteiger partial charge in [0, 0.05) is 53.1 Å². The zero-order valence-corrected chi connectivity index (χ0v) is 12.9. The first-order chi connectivity index (χ1) is 10.4. The van der Waals surface area contributed by atoms with E-state index in [9.17, 15) is 9.59 Å². The molecule has 0 fully saturated rings. The SMILES string of the molecule is NC(Cc1cnc[nH]1)C(=O)O.NC(Cc1cnc[nH]1)C(=O)O.[Ni]. The fraction of sp³-hybridized carbons (Fsp3) is 0.333. The van der Waals surface area contributed by atoms with Gasteiger partial charge in [0.1, 0.15) is 12.1 Å². The Kier molecular flexibility index (Phi) is 9.48. The number of aromatic nitrogens is 4. The van der Waals surface area contributed by atoms with Crippen LogP contribution in [-0.2, 0) is 38.9 Å². The summed E-state index contributed by atoms with van der Waals surface area (Å²) < 4.78 is 0. The molecule has 0 aliphatic carbocycles. The van der Waals surface area contributed by atoms with Gasteiger partial charge in [-0.15, -0.1) is 0 Å². The average Bonchev–Trinajstić information content (AvgIpc) is 3.12. The number of carbonyl (C=O) groups is 2. The maximum atomic E-state index is 10.3. The van der Waals surface area contributed by atoms with Crippen molar-refractivity contribution in [3.63, 3.8) is 0 Å². The van der Waals surface area contributed by atoms with E-state index in [4.69, 9.17) is 21.7 Å². The Morgan fingerprint density at radius 2 is 1.30 bits per heavy atom. The van der Waals surface area contributed by atoms with Crippen molar-refractivity contribution in [2.45, 2.75) is 24.9 Å². The molecule has 2 unspecified atom stereocenters. The summed E-state index contributed by atoms with van der Waals surface area (Å²) >= 11 is 0. The number of H-pyrrole nitrogens is 2. The van der Waals surface area contributed by atoms with Crippen molar-refractivity contribution < 1.29 is 36.3 Å². The number of aromatic amines is 2. The van der Waals surface area contributed by atoms with E-state index in [0.717, 1.165) is 11.4 Å². The first-order valence-corrected chi connectivity index (χ1v) is 6.31. The molecule has 0 aliphatic heterocycles. The molecule has 2 aromatic rings. The summed E-state index contributed by atoms with van der Waals surface area (Å²) in [5.74, 6) is -2.00. The molecule has 0 amide bonds. The van der Waals surface area contributed by atoms with Crippen molar-refractivity contribution in [2.24, 2.45) is 11.5 Å². The van der Waals surface area contributed by atoms with Crippen LogP contribution in [0, 0.1) is 0 Å². The van der Waals surface area contributed by atoms with Crippen LogP contribution in [0.25, 0.3) is 0 Å². The molecule has 0 radical (unpaired) electrons. The van der Waals surface area contributed by atoms with E-state index in [1.165, 1.54) is 12.7 Å². The first kappa shape index (κ1) is 20.8. The molecule has 0 aliphatic rings. The summed E-state index contributed by atoms with van der Waals surface area (Å²) in [6.07, 6.45) is 6.67. The number of nitrogens with one attached hydrogen (secondary N) is 2. The van der Waals surface area contributed by atoms with Crippen LogP contribution in [-0.4, -0.2) is 54.2 Å². The normalized spacial score (nSPS) is 12.3. The second-order valence-electron chi connectivity index (χ2n) is 4.45. The van der Waals surface area contributed by atoms with Gasteiger partial charge < -0.3 is 31.6 Å². The number of nitrogens with zero attached hydrogens (tertiary/aromatic N) is 2. The van der Waals surface area contributed by atoms with Gasteiger partial charge in [-0.05, 0) is 0 Å². The minimum Gasteiger partial charge on any atom is -0.480 e. The molecule has 8 N–H and O–H groups in total. The van der Waals surface area contributed by atoms with Crippen molar-refractivity contribution in [1.82, 2.24) is 19.9 Å². The smallest absolute Gasteiger partial charge is 0.320 e. The van der Waals surface area contributed by atoms with Crippen molar-refractivity contribution in [3.8, 4) is 0 Å². The van der Waals surface area contributed by atoms with E-state index >= 15 is 0 Å². The van der Waals surface area contributed by atoms with Gasteiger partial charge in [0.05, 0.1) is 12.7 Å². The van der Waals surface area contributed by atoms with Gasteiger partial charge in [0.2, 0.25) is 0 Å². The van der Waals surface area contributed by atoms with Crippen LogP contribution in [0.2, 0.25) is 0 Å². The second-order valence-corrected chi connectivity index (χ2v) is 4.45. The summed E-state index contributed by atoms with van der Waals surface area (Å²) in [6.45, 7) is 0. The topological polar surface area (TPSA) is 184 Å². The van der Waals surface area contributed by atoms with E-state index in [0.29, 0.717) is 0 Å². The number of rotatable bonds is 6. The van der Waals surface area contributed by atoms with Gasteiger partial charge in [0.15, 0.2) is 0 Å². The fourth-order valence-electron chi connectivity index (χ4n) is 1.44. The summed E-state index contributed by atoms with van der Waals surface area (Å²) in [5.41, 5.74) is 12.0. The number of imidazole rings is 2. The van der Waals surface area contributed by atoms with Gasteiger partial charge in [0.25, 0.3) is 0 Å². The number of aliphatic carboxylic acids is 2. The number of hydrogen-bond donors (Lipinski definition) is 6. The Hall–Kier alpha value is -2.23. The van der Waals surface area contributed by atoms with Crippen molar-refractivity contribution in [1.29, 1.82) is 0 Å². The Labute approximate surface area is 141 Å². The van der Waals surface area contributed by atoms with Crippen LogP contribution >= 0.6 is 0 Å². The van der Waals surface area contributed by atoms with E-state index < -0.39 is 24.0 Å². The van der Waals surface area contributed by atoms with Crippen molar-refractivity contribution >= 4 is 11.9 Å². The van der Waals surface area contributed by atoms with Gasteiger partial charge in [-0.3, -0.25) is 9.59 Å². The molecule has 2 heterocycles. The molecule has 23 heavy (non-hydrogen) atoms. The van der Waals surface area contributed by atoms with E-state index in [1.807, 2.05) is 0 Å². The molecular weight excluding hydrogens is 351 g/mol. The van der Waals surface area contributed by atoms with Crippen LogP contribution in [0.1, 0.15) is 11.4 Å². The number of hydrogen-bond acceptors (Lipinski definition) is 6. The number of carboxylic acids is 2. The Morgan fingerprint density at radius 3 is 1.52 bits per heavy atom. The molecule has 130 valence electrons. The molecule has 0 saturated carbocycles. The fourth-order valence-corrected chi connectivity index (χ4v) is 1.44. The van der Waals surface area contributed by atoms with Gasteiger partial charge in [-0.25, -0.2) is 9.97 Å². The van der Waals surface area contributed by atoms with Gasteiger partial charge in [-0.1, -0.05) is 0 Å². The van der Waals surface area contributed by atoms with Crippen LogP contribution < -0.4 is 11.5 Å². The van der Waals surface area contributed by atoms with Crippen LogP contribution in [0.4, 0.5) is 0 Å². The van der Waals surface area contributed by atoms with Gasteiger partial charge >= 0.3 is 11.9 Å². The summed E-state index contributed by atoms with van der Waals surface area (Å²) in [7, 11) is 0. The molecule has 2 rings (SSSR count). The van der Waals surface area contributed by atoms with Crippen LogP contribution in [0.5, 0.6) is 0 Å². The molecule has 10 nitrogen and oxygen atoms in total. The minimum absolute atomic E-state index is 0. The average molecular weight is 369 g/mol. The number of carboxylic acid groups (broad SMARTS) is 2. The number of nitrogens with two attached hydrogens (primary N) is 2. The Morgan fingerprint density at radius 1 is 0.957 bits per heavy atom.